The Morgan fingerprint density at radius 1 is 1.19 bits per heavy atom. The van der Waals surface area contributed by atoms with E-state index in [9.17, 15) is 27.9 Å². The molecule has 2 amide bonds. The number of aromatic nitrogens is 1. The lowest BCUT2D eigenvalue weighted by Gasteiger charge is -2.23. The molecule has 1 aromatic carbocycles. The quantitative estimate of drug-likeness (QED) is 0.418. The molecule has 11 nitrogen and oxygen atoms in total. The van der Waals surface area contributed by atoms with Gasteiger partial charge < -0.3 is 20.2 Å². The average molecular weight is 515 g/mol. The normalized spacial score (nSPS) is 18.8. The summed E-state index contributed by atoms with van der Waals surface area (Å²) in [6, 6.07) is 10.7. The lowest BCUT2D eigenvalue weighted by Crippen LogP contribution is -2.56. The lowest BCUT2D eigenvalue weighted by atomic mass is 10.1. The fraction of sp³-hybridized carbons (Fsp3) is 0.333. The van der Waals surface area contributed by atoms with E-state index in [0.29, 0.717) is 17.4 Å². The van der Waals surface area contributed by atoms with Crippen molar-refractivity contribution in [3.63, 3.8) is 0 Å². The van der Waals surface area contributed by atoms with Crippen LogP contribution in [0.4, 0.5) is 0 Å². The van der Waals surface area contributed by atoms with Gasteiger partial charge in [0, 0.05) is 18.1 Å². The fourth-order valence-corrected chi connectivity index (χ4v) is 5.33. The summed E-state index contributed by atoms with van der Waals surface area (Å²) >= 11 is 0. The number of fused-ring (bicyclic) bond motifs is 1. The molecule has 1 aliphatic heterocycles. The maximum absolute atomic E-state index is 12.9. The molecule has 1 saturated heterocycles. The smallest absolute Gasteiger partial charge is 0.287 e. The number of hydrogen-bond donors (Lipinski definition) is 3. The number of pyridine rings is 1. The molecule has 0 radical (unpaired) electrons. The number of nitrogens with zero attached hydrogens (tertiary/aromatic N) is 2. The van der Waals surface area contributed by atoms with Gasteiger partial charge in [-0.25, -0.2) is 13.4 Å². The minimum atomic E-state index is -3.98. The van der Waals surface area contributed by atoms with Crippen molar-refractivity contribution in [3.05, 3.63) is 60.5 Å². The largest absolute Gasteiger partial charge is 0.451 e. The van der Waals surface area contributed by atoms with Crippen molar-refractivity contribution in [1.29, 1.82) is 0 Å². The third-order valence-corrected chi connectivity index (χ3v) is 7.64. The van der Waals surface area contributed by atoms with E-state index in [-0.39, 0.29) is 23.8 Å². The number of hydrogen-bond acceptors (Lipinski definition) is 8. The molecule has 3 atom stereocenters. The summed E-state index contributed by atoms with van der Waals surface area (Å²) in [5.41, 5.74) is 0.495. The van der Waals surface area contributed by atoms with Gasteiger partial charge in [0.2, 0.25) is 5.91 Å². The van der Waals surface area contributed by atoms with Crippen molar-refractivity contribution in [2.75, 3.05) is 13.1 Å². The Labute approximate surface area is 207 Å². The highest BCUT2D eigenvalue weighted by Gasteiger charge is 2.35. The summed E-state index contributed by atoms with van der Waals surface area (Å²) in [6.45, 7) is 0.980. The SMILES string of the molecule is C[C@H](O)C(NC(=O)c1cc2ccccc2o1)C(=O)NC1CCCN(S(=O)(=O)c2ccccn2)CC1=O. The van der Waals surface area contributed by atoms with Crippen LogP contribution >= 0.6 is 0 Å². The standard InChI is InChI=1S/C24H26N4O7S/c1-15(29)22(27-23(31)20-13-16-7-2-3-9-19(16)35-20)24(32)26-17-8-6-12-28(14-18(17)30)36(33,34)21-10-4-5-11-25-21/h2-5,7,9-11,13,15,17,22,29H,6,8,12,14H2,1H3,(H,26,32)(H,27,31)/t15-,17?,22?/m0/s1. The number of amides is 2. The molecular weight excluding hydrogens is 488 g/mol. The zero-order valence-electron chi connectivity index (χ0n) is 19.5. The predicted molar refractivity (Wildman–Crippen MR) is 128 cm³/mol. The molecule has 0 saturated carbocycles. The molecule has 0 spiro atoms. The topological polar surface area (TPSA) is 159 Å². The number of carbonyl (C=O) groups is 3. The van der Waals surface area contributed by atoms with Gasteiger partial charge in [0.15, 0.2) is 16.6 Å². The zero-order chi connectivity index (χ0) is 25.9. The van der Waals surface area contributed by atoms with Gasteiger partial charge in [-0.3, -0.25) is 14.4 Å². The van der Waals surface area contributed by atoms with E-state index >= 15 is 0 Å². The van der Waals surface area contributed by atoms with Crippen molar-refractivity contribution in [1.82, 2.24) is 19.9 Å². The maximum atomic E-state index is 12.9. The van der Waals surface area contributed by atoms with Crippen LogP contribution in [0.3, 0.4) is 0 Å². The molecule has 2 unspecified atom stereocenters. The van der Waals surface area contributed by atoms with E-state index < -0.39 is 52.4 Å². The average Bonchev–Trinajstić information content (AvgIpc) is 3.21. The summed E-state index contributed by atoms with van der Waals surface area (Å²) < 4.78 is 32.3. The highest BCUT2D eigenvalue weighted by molar-refractivity contribution is 7.89. The Hall–Kier alpha value is -3.61. The first kappa shape index (κ1) is 25.5. The lowest BCUT2D eigenvalue weighted by molar-refractivity contribution is -0.130. The third-order valence-electron chi connectivity index (χ3n) is 5.88. The summed E-state index contributed by atoms with van der Waals surface area (Å²) in [6.07, 6.45) is 0.585. The monoisotopic (exact) mass is 514 g/mol. The number of carbonyl (C=O) groups excluding carboxylic acids is 3. The van der Waals surface area contributed by atoms with Crippen LogP contribution in [0.1, 0.15) is 30.3 Å². The minimum absolute atomic E-state index is 0.0319. The molecule has 3 N–H and O–H groups in total. The van der Waals surface area contributed by atoms with Gasteiger partial charge >= 0.3 is 0 Å². The van der Waals surface area contributed by atoms with Crippen molar-refractivity contribution in [2.45, 2.75) is 43.0 Å². The van der Waals surface area contributed by atoms with Crippen LogP contribution in [0.25, 0.3) is 11.0 Å². The number of ketones is 1. The van der Waals surface area contributed by atoms with Crippen LogP contribution in [0, 0.1) is 0 Å². The molecule has 2 aromatic heterocycles. The Balaban J connectivity index is 1.43. The van der Waals surface area contributed by atoms with Gasteiger partial charge in [-0.2, -0.15) is 4.31 Å². The first-order valence-corrected chi connectivity index (χ1v) is 12.8. The Kier molecular flexibility index (Phi) is 7.48. The first-order valence-electron chi connectivity index (χ1n) is 11.4. The van der Waals surface area contributed by atoms with Gasteiger partial charge in [-0.15, -0.1) is 0 Å². The molecule has 4 rings (SSSR count). The summed E-state index contributed by atoms with van der Waals surface area (Å²) in [5, 5.41) is 15.7. The van der Waals surface area contributed by atoms with Crippen LogP contribution in [-0.4, -0.2) is 71.7 Å². The second-order valence-corrected chi connectivity index (χ2v) is 10.4. The number of para-hydroxylation sites is 1. The fourth-order valence-electron chi connectivity index (χ4n) is 3.96. The van der Waals surface area contributed by atoms with E-state index in [0.717, 1.165) is 4.31 Å². The highest BCUT2D eigenvalue weighted by atomic mass is 32.2. The van der Waals surface area contributed by atoms with Gasteiger partial charge in [0.25, 0.3) is 15.9 Å². The first-order chi connectivity index (χ1) is 17.2. The van der Waals surface area contributed by atoms with Crippen LogP contribution in [-0.2, 0) is 19.6 Å². The van der Waals surface area contributed by atoms with Crippen molar-refractivity contribution < 1.29 is 32.3 Å². The third kappa shape index (κ3) is 5.45. The molecule has 3 heterocycles. The predicted octanol–water partition coefficient (Wildman–Crippen LogP) is 0.846. The van der Waals surface area contributed by atoms with E-state index in [2.05, 4.69) is 15.6 Å². The molecule has 190 valence electrons. The number of benzene rings is 1. The zero-order valence-corrected chi connectivity index (χ0v) is 20.3. The molecular formula is C24H26N4O7S. The summed E-state index contributed by atoms with van der Waals surface area (Å²) in [7, 11) is -3.98. The molecule has 0 bridgehead atoms. The molecule has 36 heavy (non-hydrogen) atoms. The van der Waals surface area contributed by atoms with Gasteiger partial charge in [-0.1, -0.05) is 24.3 Å². The number of nitrogens with one attached hydrogen (secondary N) is 2. The van der Waals surface area contributed by atoms with E-state index in [1.165, 1.54) is 25.3 Å². The highest BCUT2D eigenvalue weighted by Crippen LogP contribution is 2.20. The number of aliphatic hydroxyl groups excluding tert-OH is 1. The van der Waals surface area contributed by atoms with Crippen molar-refractivity contribution >= 4 is 38.6 Å². The number of aliphatic hydroxyl groups is 1. The van der Waals surface area contributed by atoms with Crippen molar-refractivity contribution in [2.24, 2.45) is 0 Å². The molecule has 3 aromatic rings. The molecule has 0 aliphatic carbocycles. The minimum Gasteiger partial charge on any atom is -0.451 e. The Morgan fingerprint density at radius 2 is 1.94 bits per heavy atom. The van der Waals surface area contributed by atoms with Crippen LogP contribution in [0.2, 0.25) is 0 Å². The second-order valence-electron chi connectivity index (χ2n) is 8.52. The number of sulfonamides is 1. The Bertz CT molecular complexity index is 1340. The molecule has 1 aliphatic rings. The second kappa shape index (κ2) is 10.6. The molecule has 12 heteroatoms. The van der Waals surface area contributed by atoms with Crippen LogP contribution in [0.15, 0.2) is 64.2 Å². The maximum Gasteiger partial charge on any atom is 0.287 e. The summed E-state index contributed by atoms with van der Waals surface area (Å²) in [4.78, 5) is 42.4. The van der Waals surface area contributed by atoms with Gasteiger partial charge in [-0.05, 0) is 44.0 Å². The summed E-state index contributed by atoms with van der Waals surface area (Å²) in [5.74, 6) is -2.01. The van der Waals surface area contributed by atoms with Gasteiger partial charge in [0.1, 0.15) is 11.6 Å². The number of Topliss-reactive ketones (excluding diaryl/α,β-unsaturated/α-hetero) is 1. The van der Waals surface area contributed by atoms with E-state index in [1.54, 1.807) is 36.4 Å². The molecule has 1 fully saturated rings. The van der Waals surface area contributed by atoms with Gasteiger partial charge in [0.05, 0.1) is 18.7 Å². The van der Waals surface area contributed by atoms with Crippen LogP contribution < -0.4 is 10.6 Å². The number of rotatable bonds is 7. The van der Waals surface area contributed by atoms with E-state index in [4.69, 9.17) is 4.42 Å². The van der Waals surface area contributed by atoms with E-state index in [1.807, 2.05) is 0 Å². The van der Waals surface area contributed by atoms with Crippen molar-refractivity contribution in [3.8, 4) is 0 Å². The Morgan fingerprint density at radius 3 is 2.64 bits per heavy atom. The number of furan rings is 1. The van der Waals surface area contributed by atoms with Crippen LogP contribution in [0.5, 0.6) is 0 Å².